The summed E-state index contributed by atoms with van der Waals surface area (Å²) in [4.78, 5) is 4.20. The van der Waals surface area contributed by atoms with Crippen molar-refractivity contribution in [3.8, 4) is 0 Å². The smallest absolute Gasteiger partial charge is 0.131 e. The minimum atomic E-state index is 0.567. The Kier molecular flexibility index (Phi) is 4.02. The molecule has 0 aliphatic rings. The molecule has 0 atom stereocenters. The Morgan fingerprint density at radius 1 is 1.41 bits per heavy atom. The second kappa shape index (κ2) is 5.51. The van der Waals surface area contributed by atoms with Crippen LogP contribution in [0.2, 0.25) is 5.15 Å². The van der Waals surface area contributed by atoms with Gasteiger partial charge in [-0.1, -0.05) is 16.8 Å². The van der Waals surface area contributed by atoms with Crippen molar-refractivity contribution in [1.29, 1.82) is 0 Å². The lowest BCUT2D eigenvalue weighted by molar-refractivity contribution is 0.607. The molecule has 7 heteroatoms. The van der Waals surface area contributed by atoms with Gasteiger partial charge in [0.15, 0.2) is 0 Å². The number of nitrogens with zero attached hydrogens (tertiary/aromatic N) is 5. The topological polar surface area (TPSA) is 48.5 Å². The zero-order chi connectivity index (χ0) is 12.3. The fraction of sp³-hybridized carbons (Fsp3) is 0.500. The average Bonchev–Trinajstić information content (AvgIpc) is 2.89. The number of rotatable bonds is 5. The van der Waals surface area contributed by atoms with Crippen molar-refractivity contribution in [2.45, 2.75) is 19.4 Å². The minimum Gasteiger partial charge on any atom is -0.321 e. The van der Waals surface area contributed by atoms with Crippen LogP contribution in [0, 0.1) is 0 Å². The third-order valence-electron chi connectivity index (χ3n) is 2.48. The summed E-state index contributed by atoms with van der Waals surface area (Å²) < 4.78 is 3.57. The number of imidazole rings is 1. The summed E-state index contributed by atoms with van der Waals surface area (Å²) in [6.07, 6.45) is 5.30. The number of hydrogen-bond donors (Lipinski definition) is 0. The zero-order valence-electron chi connectivity index (χ0n) is 9.48. The molecule has 17 heavy (non-hydrogen) atoms. The zero-order valence-corrected chi connectivity index (χ0v) is 11.0. The van der Waals surface area contributed by atoms with Crippen LogP contribution in [0.25, 0.3) is 0 Å². The van der Waals surface area contributed by atoms with Gasteiger partial charge in [-0.05, 0) is 12.8 Å². The Hall–Kier alpha value is -1.07. The molecule has 2 rings (SSSR count). The Morgan fingerprint density at radius 2 is 2.24 bits per heavy atom. The standard InChI is InChI=1S/C10H13Cl2N5/c1-16-9(12)5-13-10(16)7-17-6-8(14-15-17)3-2-4-11/h5-6H,2-4,7H2,1H3. The first-order chi connectivity index (χ1) is 8.20. The molecule has 0 amide bonds. The van der Waals surface area contributed by atoms with Crippen LogP contribution in [0.1, 0.15) is 17.9 Å². The second-order valence-corrected chi connectivity index (χ2v) is 4.52. The van der Waals surface area contributed by atoms with E-state index in [2.05, 4.69) is 15.3 Å². The van der Waals surface area contributed by atoms with Crippen LogP contribution in [-0.4, -0.2) is 30.4 Å². The van der Waals surface area contributed by atoms with Crippen molar-refractivity contribution in [3.63, 3.8) is 0 Å². The summed E-state index contributed by atoms with van der Waals surface area (Å²) in [5.74, 6) is 1.49. The SMILES string of the molecule is Cn1c(Cl)cnc1Cn1cc(CCCCl)nn1. The number of aromatic nitrogens is 5. The monoisotopic (exact) mass is 273 g/mol. The van der Waals surface area contributed by atoms with Crippen LogP contribution in [0.4, 0.5) is 0 Å². The summed E-state index contributed by atoms with van der Waals surface area (Å²) in [5.41, 5.74) is 0.950. The number of halogens is 2. The van der Waals surface area contributed by atoms with E-state index in [-0.39, 0.29) is 0 Å². The fourth-order valence-corrected chi connectivity index (χ4v) is 1.77. The number of hydrogen-bond acceptors (Lipinski definition) is 3. The largest absolute Gasteiger partial charge is 0.321 e. The molecule has 0 spiro atoms. The van der Waals surface area contributed by atoms with E-state index in [1.54, 1.807) is 10.9 Å². The van der Waals surface area contributed by atoms with Gasteiger partial charge in [0.1, 0.15) is 17.5 Å². The predicted molar refractivity (Wildman–Crippen MR) is 66.4 cm³/mol. The Morgan fingerprint density at radius 3 is 2.88 bits per heavy atom. The van der Waals surface area contributed by atoms with Gasteiger partial charge in [0.2, 0.25) is 0 Å². The quantitative estimate of drug-likeness (QED) is 0.782. The third kappa shape index (κ3) is 2.98. The van der Waals surface area contributed by atoms with Gasteiger partial charge < -0.3 is 4.57 Å². The normalized spacial score (nSPS) is 11.0. The van der Waals surface area contributed by atoms with Crippen molar-refractivity contribution in [2.24, 2.45) is 7.05 Å². The van der Waals surface area contributed by atoms with Crippen molar-refractivity contribution < 1.29 is 0 Å². The van der Waals surface area contributed by atoms with E-state index in [4.69, 9.17) is 23.2 Å². The van der Waals surface area contributed by atoms with Crippen molar-refractivity contribution in [1.82, 2.24) is 24.5 Å². The molecule has 0 unspecified atom stereocenters. The summed E-state index contributed by atoms with van der Waals surface area (Å²) in [6, 6.07) is 0. The molecule has 92 valence electrons. The summed E-state index contributed by atoms with van der Waals surface area (Å²) in [7, 11) is 1.87. The molecule has 5 nitrogen and oxygen atoms in total. The van der Waals surface area contributed by atoms with Crippen LogP contribution in [-0.2, 0) is 20.0 Å². The highest BCUT2D eigenvalue weighted by Gasteiger charge is 2.07. The molecule has 0 radical (unpaired) electrons. The first-order valence-corrected chi connectivity index (χ1v) is 6.23. The highest BCUT2D eigenvalue weighted by molar-refractivity contribution is 6.29. The number of alkyl halides is 1. The number of aryl methyl sites for hydroxylation is 1. The van der Waals surface area contributed by atoms with E-state index in [0.717, 1.165) is 24.4 Å². The first-order valence-electron chi connectivity index (χ1n) is 5.31. The molecule has 0 aliphatic heterocycles. The molecule has 0 saturated heterocycles. The Balaban J connectivity index is 2.04. The maximum Gasteiger partial charge on any atom is 0.131 e. The van der Waals surface area contributed by atoms with Gasteiger partial charge in [-0.25, -0.2) is 9.67 Å². The van der Waals surface area contributed by atoms with Gasteiger partial charge in [-0.3, -0.25) is 0 Å². The molecule has 2 heterocycles. The summed E-state index contributed by atoms with van der Waals surface area (Å²) >= 11 is 11.5. The van der Waals surface area contributed by atoms with Gasteiger partial charge in [0, 0.05) is 19.1 Å². The maximum absolute atomic E-state index is 5.91. The molecule has 0 fully saturated rings. The van der Waals surface area contributed by atoms with Crippen LogP contribution < -0.4 is 0 Å². The average molecular weight is 274 g/mol. The van der Waals surface area contributed by atoms with Crippen LogP contribution in [0.5, 0.6) is 0 Å². The van der Waals surface area contributed by atoms with Gasteiger partial charge in [-0.15, -0.1) is 16.7 Å². The predicted octanol–water partition coefficient (Wildman–Crippen LogP) is 1.88. The molecule has 0 bridgehead atoms. The lowest BCUT2D eigenvalue weighted by atomic mass is 10.3. The molecule has 0 saturated carbocycles. The first kappa shape index (κ1) is 12.4. The lowest BCUT2D eigenvalue weighted by Crippen LogP contribution is -2.06. The van der Waals surface area contributed by atoms with Gasteiger partial charge in [-0.2, -0.15) is 0 Å². The Bertz CT molecular complexity index is 491. The molecular formula is C10H13Cl2N5. The van der Waals surface area contributed by atoms with Crippen LogP contribution in [0.3, 0.4) is 0 Å². The van der Waals surface area contributed by atoms with Crippen molar-refractivity contribution in [2.75, 3.05) is 5.88 Å². The highest BCUT2D eigenvalue weighted by Crippen LogP contribution is 2.10. The van der Waals surface area contributed by atoms with E-state index in [9.17, 15) is 0 Å². The lowest BCUT2D eigenvalue weighted by Gasteiger charge is -2.01. The molecular weight excluding hydrogens is 261 g/mol. The van der Waals surface area contributed by atoms with E-state index in [1.165, 1.54) is 0 Å². The van der Waals surface area contributed by atoms with Crippen molar-refractivity contribution in [3.05, 3.63) is 29.1 Å². The van der Waals surface area contributed by atoms with E-state index in [0.29, 0.717) is 17.6 Å². The summed E-state index contributed by atoms with van der Waals surface area (Å²) in [5, 5.41) is 8.73. The maximum atomic E-state index is 5.91. The molecule has 0 aromatic carbocycles. The fourth-order valence-electron chi connectivity index (χ4n) is 1.49. The molecule has 2 aromatic rings. The van der Waals surface area contributed by atoms with E-state index >= 15 is 0 Å². The third-order valence-corrected chi connectivity index (χ3v) is 3.10. The highest BCUT2D eigenvalue weighted by atomic mass is 35.5. The van der Waals surface area contributed by atoms with Crippen molar-refractivity contribution >= 4 is 23.2 Å². The summed E-state index contributed by atoms with van der Waals surface area (Å²) in [6.45, 7) is 0.567. The minimum absolute atomic E-state index is 0.567. The van der Waals surface area contributed by atoms with Gasteiger partial charge in [0.25, 0.3) is 0 Å². The van der Waals surface area contributed by atoms with Crippen LogP contribution in [0.15, 0.2) is 12.4 Å². The van der Waals surface area contributed by atoms with E-state index < -0.39 is 0 Å². The molecule has 0 aliphatic carbocycles. The van der Waals surface area contributed by atoms with Gasteiger partial charge >= 0.3 is 0 Å². The second-order valence-electron chi connectivity index (χ2n) is 3.76. The van der Waals surface area contributed by atoms with Crippen LogP contribution >= 0.6 is 23.2 Å². The molecule has 2 aromatic heterocycles. The molecule has 0 N–H and O–H groups in total. The van der Waals surface area contributed by atoms with E-state index in [1.807, 2.05) is 17.8 Å². The van der Waals surface area contributed by atoms with Gasteiger partial charge in [0.05, 0.1) is 11.9 Å². The Labute approximate surface area is 109 Å².